The first-order valence-electron chi connectivity index (χ1n) is 7.49. The standard InChI is InChI=1S/C20H22N2O/c1-5-15-23-20(6-2,16-7-11-18(21-3)12-8-16)17-9-13-19(22-4)14-10-17/h2,5,7-14,21-22H,1,15H2,3-4H3. The van der Waals surface area contributed by atoms with Crippen molar-refractivity contribution in [1.29, 1.82) is 0 Å². The Labute approximate surface area is 138 Å². The first-order chi connectivity index (χ1) is 11.2. The number of anilines is 2. The second-order valence-corrected chi connectivity index (χ2v) is 5.08. The van der Waals surface area contributed by atoms with Crippen molar-refractivity contribution in [3.63, 3.8) is 0 Å². The van der Waals surface area contributed by atoms with E-state index in [0.717, 1.165) is 22.5 Å². The molecule has 0 aliphatic rings. The number of terminal acetylenes is 1. The highest BCUT2D eigenvalue weighted by Crippen LogP contribution is 2.34. The maximum atomic E-state index is 6.05. The van der Waals surface area contributed by atoms with Crippen molar-refractivity contribution in [1.82, 2.24) is 0 Å². The zero-order valence-corrected chi connectivity index (χ0v) is 13.6. The Morgan fingerprint density at radius 3 is 1.74 bits per heavy atom. The van der Waals surface area contributed by atoms with Crippen molar-refractivity contribution in [3.8, 4) is 12.3 Å². The van der Waals surface area contributed by atoms with Gasteiger partial charge in [0.15, 0.2) is 5.60 Å². The highest BCUT2D eigenvalue weighted by atomic mass is 16.5. The Balaban J connectivity index is 2.52. The predicted octanol–water partition coefficient (Wildman–Crippen LogP) is 3.85. The third-order valence-corrected chi connectivity index (χ3v) is 3.78. The molecule has 0 heterocycles. The Hall–Kier alpha value is -2.70. The summed E-state index contributed by atoms with van der Waals surface area (Å²) in [5, 5.41) is 6.21. The molecule has 0 unspecified atom stereocenters. The largest absolute Gasteiger partial charge is 0.388 e. The molecule has 0 radical (unpaired) electrons. The van der Waals surface area contributed by atoms with E-state index in [1.165, 1.54) is 0 Å². The van der Waals surface area contributed by atoms with Crippen molar-refractivity contribution in [3.05, 3.63) is 72.3 Å². The Bertz CT molecular complexity index is 634. The van der Waals surface area contributed by atoms with Crippen LogP contribution in [0.25, 0.3) is 0 Å². The van der Waals surface area contributed by atoms with E-state index in [9.17, 15) is 0 Å². The Morgan fingerprint density at radius 1 is 1.00 bits per heavy atom. The normalized spacial score (nSPS) is 10.7. The predicted molar refractivity (Wildman–Crippen MR) is 97.7 cm³/mol. The van der Waals surface area contributed by atoms with Gasteiger partial charge in [-0.2, -0.15) is 0 Å². The van der Waals surface area contributed by atoms with Crippen LogP contribution < -0.4 is 10.6 Å². The molecule has 2 rings (SSSR count). The second kappa shape index (κ2) is 7.53. The van der Waals surface area contributed by atoms with Gasteiger partial charge in [0, 0.05) is 36.6 Å². The Kier molecular flexibility index (Phi) is 5.46. The maximum Gasteiger partial charge on any atom is 0.179 e. The number of ether oxygens (including phenoxy) is 1. The SMILES string of the molecule is C#CC(OCC=C)(c1ccc(NC)cc1)c1ccc(NC)cc1. The fraction of sp³-hybridized carbons (Fsp3) is 0.200. The quantitative estimate of drug-likeness (QED) is 0.602. The van der Waals surface area contributed by atoms with Crippen LogP contribution in [0.1, 0.15) is 11.1 Å². The van der Waals surface area contributed by atoms with Gasteiger partial charge in [0.1, 0.15) is 0 Å². The van der Waals surface area contributed by atoms with E-state index in [0.29, 0.717) is 6.61 Å². The van der Waals surface area contributed by atoms with E-state index < -0.39 is 5.60 Å². The third kappa shape index (κ3) is 3.39. The molecule has 23 heavy (non-hydrogen) atoms. The molecule has 0 amide bonds. The van der Waals surface area contributed by atoms with Crippen molar-refractivity contribution in [2.45, 2.75) is 5.60 Å². The molecule has 0 aliphatic carbocycles. The molecule has 2 N–H and O–H groups in total. The summed E-state index contributed by atoms with van der Waals surface area (Å²) in [5.41, 5.74) is 2.94. The van der Waals surface area contributed by atoms with E-state index in [2.05, 4.69) is 23.1 Å². The van der Waals surface area contributed by atoms with Crippen LogP contribution >= 0.6 is 0 Å². The summed E-state index contributed by atoms with van der Waals surface area (Å²) in [6, 6.07) is 15.9. The minimum absolute atomic E-state index is 0.367. The highest BCUT2D eigenvalue weighted by Gasteiger charge is 2.33. The Morgan fingerprint density at radius 2 is 1.43 bits per heavy atom. The van der Waals surface area contributed by atoms with E-state index in [4.69, 9.17) is 11.2 Å². The lowest BCUT2D eigenvalue weighted by molar-refractivity contribution is 0.0468. The monoisotopic (exact) mass is 306 g/mol. The van der Waals surface area contributed by atoms with Crippen LogP contribution in [0.5, 0.6) is 0 Å². The summed E-state index contributed by atoms with van der Waals surface area (Å²) in [4.78, 5) is 0. The minimum Gasteiger partial charge on any atom is -0.388 e. The number of benzene rings is 2. The number of rotatable bonds is 7. The molecule has 2 aromatic carbocycles. The summed E-state index contributed by atoms with van der Waals surface area (Å²) in [6.45, 7) is 4.09. The average Bonchev–Trinajstić information content (AvgIpc) is 2.63. The molecule has 0 aliphatic heterocycles. The van der Waals surface area contributed by atoms with Gasteiger partial charge < -0.3 is 15.4 Å². The maximum absolute atomic E-state index is 6.05. The fourth-order valence-electron chi connectivity index (χ4n) is 2.47. The highest BCUT2D eigenvalue weighted by molar-refractivity contribution is 5.53. The molecule has 0 saturated heterocycles. The van der Waals surface area contributed by atoms with Gasteiger partial charge in [0.25, 0.3) is 0 Å². The molecule has 3 nitrogen and oxygen atoms in total. The van der Waals surface area contributed by atoms with Crippen LogP contribution in [0, 0.1) is 12.3 Å². The molecule has 0 aromatic heterocycles. The second-order valence-electron chi connectivity index (χ2n) is 5.08. The van der Waals surface area contributed by atoms with Crippen LogP contribution in [0.4, 0.5) is 11.4 Å². The molecule has 118 valence electrons. The van der Waals surface area contributed by atoms with Gasteiger partial charge >= 0.3 is 0 Å². The van der Waals surface area contributed by atoms with Gasteiger partial charge in [-0.05, 0) is 24.3 Å². The zero-order valence-electron chi connectivity index (χ0n) is 13.6. The van der Waals surface area contributed by atoms with Gasteiger partial charge in [-0.1, -0.05) is 36.3 Å². The molecular formula is C20H22N2O. The summed E-state index contributed by atoms with van der Waals surface area (Å²) < 4.78 is 6.05. The lowest BCUT2D eigenvalue weighted by Gasteiger charge is -2.30. The number of hydrogen-bond donors (Lipinski definition) is 2. The molecular weight excluding hydrogens is 284 g/mol. The third-order valence-electron chi connectivity index (χ3n) is 3.78. The van der Waals surface area contributed by atoms with Crippen LogP contribution in [0.2, 0.25) is 0 Å². The van der Waals surface area contributed by atoms with Crippen molar-refractivity contribution < 1.29 is 4.74 Å². The summed E-state index contributed by atoms with van der Waals surface area (Å²) in [6.07, 6.45) is 7.62. The fourth-order valence-corrected chi connectivity index (χ4v) is 2.47. The van der Waals surface area contributed by atoms with E-state index >= 15 is 0 Å². The minimum atomic E-state index is -0.938. The molecule has 0 fully saturated rings. The molecule has 3 heteroatoms. The van der Waals surface area contributed by atoms with Crippen LogP contribution in [0.15, 0.2) is 61.2 Å². The number of nitrogens with one attached hydrogen (secondary N) is 2. The van der Waals surface area contributed by atoms with Gasteiger partial charge in [-0.15, -0.1) is 13.0 Å². The van der Waals surface area contributed by atoms with Gasteiger partial charge in [0.2, 0.25) is 0 Å². The van der Waals surface area contributed by atoms with Crippen molar-refractivity contribution >= 4 is 11.4 Å². The molecule has 0 saturated carbocycles. The van der Waals surface area contributed by atoms with Crippen molar-refractivity contribution in [2.24, 2.45) is 0 Å². The van der Waals surface area contributed by atoms with Gasteiger partial charge in [-0.3, -0.25) is 0 Å². The van der Waals surface area contributed by atoms with E-state index in [1.54, 1.807) is 6.08 Å². The summed E-state index contributed by atoms with van der Waals surface area (Å²) in [5.74, 6) is 2.85. The van der Waals surface area contributed by atoms with E-state index in [-0.39, 0.29) is 0 Å². The summed E-state index contributed by atoms with van der Waals surface area (Å²) in [7, 11) is 3.77. The zero-order chi connectivity index (χ0) is 16.7. The molecule has 0 atom stereocenters. The smallest absolute Gasteiger partial charge is 0.179 e. The lowest BCUT2D eigenvalue weighted by atomic mass is 9.86. The summed E-state index contributed by atoms with van der Waals surface area (Å²) >= 11 is 0. The molecule has 0 spiro atoms. The average molecular weight is 306 g/mol. The van der Waals surface area contributed by atoms with Crippen LogP contribution in [-0.4, -0.2) is 20.7 Å². The van der Waals surface area contributed by atoms with Crippen LogP contribution in [-0.2, 0) is 10.3 Å². The van der Waals surface area contributed by atoms with E-state index in [1.807, 2.05) is 62.6 Å². The van der Waals surface area contributed by atoms with Crippen LogP contribution in [0.3, 0.4) is 0 Å². The van der Waals surface area contributed by atoms with Gasteiger partial charge in [-0.25, -0.2) is 0 Å². The lowest BCUT2D eigenvalue weighted by Crippen LogP contribution is -2.29. The topological polar surface area (TPSA) is 33.3 Å². The molecule has 2 aromatic rings. The van der Waals surface area contributed by atoms with Crippen molar-refractivity contribution in [2.75, 3.05) is 31.3 Å². The first-order valence-corrected chi connectivity index (χ1v) is 7.49. The number of hydrogen-bond acceptors (Lipinski definition) is 3. The molecule has 0 bridgehead atoms. The first kappa shape index (κ1) is 16.7. The van der Waals surface area contributed by atoms with Gasteiger partial charge in [0.05, 0.1) is 6.61 Å².